The van der Waals surface area contributed by atoms with Gasteiger partial charge in [-0.3, -0.25) is 4.79 Å². The summed E-state index contributed by atoms with van der Waals surface area (Å²) in [5.41, 5.74) is 2.70. The number of nitrogens with zero attached hydrogens (tertiary/aromatic N) is 3. The molecule has 3 amide bonds. The smallest absolute Gasteiger partial charge is 0.319 e. The van der Waals surface area contributed by atoms with Gasteiger partial charge in [0.05, 0.1) is 19.2 Å². The number of fused-ring (bicyclic) bond motifs is 1. The molecule has 162 valence electrons. The predicted octanol–water partition coefficient (Wildman–Crippen LogP) is 2.93. The number of anilines is 1. The highest BCUT2D eigenvalue weighted by atomic mass is 16.5. The van der Waals surface area contributed by atoms with Crippen molar-refractivity contribution in [1.82, 2.24) is 25.6 Å². The molecule has 0 spiro atoms. The molecule has 1 aliphatic rings. The molecule has 2 aromatic carbocycles. The third kappa shape index (κ3) is 5.11. The lowest BCUT2D eigenvalue weighted by atomic mass is 10.1. The van der Waals surface area contributed by atoms with E-state index in [1.54, 1.807) is 42.1 Å². The summed E-state index contributed by atoms with van der Waals surface area (Å²) < 4.78 is 6.86. The zero-order valence-electron chi connectivity index (χ0n) is 17.4. The van der Waals surface area contributed by atoms with Crippen LogP contribution in [-0.4, -0.2) is 46.6 Å². The van der Waals surface area contributed by atoms with E-state index in [0.717, 1.165) is 18.4 Å². The Hall–Kier alpha value is -3.62. The first-order valence-electron chi connectivity index (χ1n) is 10.5. The normalized spacial score (nSPS) is 13.8. The van der Waals surface area contributed by atoms with Crippen LogP contribution in [0.5, 0.6) is 5.75 Å². The van der Waals surface area contributed by atoms with E-state index in [4.69, 9.17) is 4.74 Å². The minimum atomic E-state index is -0.316. The third-order valence-corrected chi connectivity index (χ3v) is 5.40. The average Bonchev–Trinajstić information content (AvgIpc) is 3.43. The van der Waals surface area contributed by atoms with E-state index in [0.29, 0.717) is 35.6 Å². The van der Waals surface area contributed by atoms with Crippen LogP contribution >= 0.6 is 0 Å². The van der Waals surface area contributed by atoms with Crippen LogP contribution < -0.4 is 20.7 Å². The summed E-state index contributed by atoms with van der Waals surface area (Å²) >= 11 is 0. The van der Waals surface area contributed by atoms with Gasteiger partial charge in [-0.25, -0.2) is 9.48 Å². The van der Waals surface area contributed by atoms with Gasteiger partial charge in [0.15, 0.2) is 0 Å². The molecule has 9 nitrogen and oxygen atoms in total. The number of hydrogen-bond acceptors (Lipinski definition) is 5. The fraction of sp³-hybridized carbons (Fsp3) is 0.364. The minimum absolute atomic E-state index is 0.0702. The monoisotopic (exact) mass is 422 g/mol. The quantitative estimate of drug-likeness (QED) is 0.542. The molecule has 4 rings (SSSR count). The lowest BCUT2D eigenvalue weighted by molar-refractivity contribution is 0.0938. The molecule has 31 heavy (non-hydrogen) atoms. The molecule has 3 N–H and O–H groups in total. The Bertz CT molecular complexity index is 1070. The van der Waals surface area contributed by atoms with E-state index in [1.165, 1.54) is 12.8 Å². The van der Waals surface area contributed by atoms with Crippen LogP contribution in [0.1, 0.15) is 36.0 Å². The maximum Gasteiger partial charge on any atom is 0.319 e. The van der Waals surface area contributed by atoms with Crippen molar-refractivity contribution in [3.8, 4) is 5.75 Å². The second-order valence-electron chi connectivity index (χ2n) is 7.58. The van der Waals surface area contributed by atoms with Crippen LogP contribution in [0.2, 0.25) is 0 Å². The number of benzene rings is 2. The number of amides is 3. The van der Waals surface area contributed by atoms with Gasteiger partial charge in [-0.15, -0.1) is 5.10 Å². The Morgan fingerprint density at radius 2 is 2.00 bits per heavy atom. The van der Waals surface area contributed by atoms with Gasteiger partial charge in [-0.1, -0.05) is 24.1 Å². The molecule has 1 heterocycles. The molecule has 1 saturated carbocycles. The van der Waals surface area contributed by atoms with Crippen LogP contribution in [0.4, 0.5) is 10.5 Å². The largest absolute Gasteiger partial charge is 0.497 e. The van der Waals surface area contributed by atoms with E-state index in [-0.39, 0.29) is 18.0 Å². The van der Waals surface area contributed by atoms with Crippen molar-refractivity contribution in [2.24, 2.45) is 0 Å². The molecule has 1 aliphatic carbocycles. The SMILES string of the molecule is COc1cccc(NC(=O)NCCn2nnc3cc(C(=O)NC4CCCC4)ccc32)c1. The summed E-state index contributed by atoms with van der Waals surface area (Å²) in [7, 11) is 1.58. The fourth-order valence-corrected chi connectivity index (χ4v) is 3.77. The number of ether oxygens (including phenoxy) is 1. The van der Waals surface area contributed by atoms with Crippen LogP contribution in [-0.2, 0) is 6.54 Å². The Morgan fingerprint density at radius 3 is 2.81 bits per heavy atom. The van der Waals surface area contributed by atoms with Gasteiger partial charge >= 0.3 is 6.03 Å². The predicted molar refractivity (Wildman–Crippen MR) is 117 cm³/mol. The molecule has 0 radical (unpaired) electrons. The number of carbonyl (C=O) groups is 2. The van der Waals surface area contributed by atoms with Crippen molar-refractivity contribution in [3.05, 3.63) is 48.0 Å². The van der Waals surface area contributed by atoms with Gasteiger partial charge in [-0.05, 0) is 43.2 Å². The highest BCUT2D eigenvalue weighted by Crippen LogP contribution is 2.19. The maximum absolute atomic E-state index is 12.5. The summed E-state index contributed by atoms with van der Waals surface area (Å²) in [4.78, 5) is 24.6. The maximum atomic E-state index is 12.5. The highest BCUT2D eigenvalue weighted by molar-refractivity contribution is 5.97. The molecule has 1 fully saturated rings. The Kier molecular flexibility index (Phi) is 6.30. The van der Waals surface area contributed by atoms with Crippen LogP contribution in [0.25, 0.3) is 11.0 Å². The van der Waals surface area contributed by atoms with Gasteiger partial charge in [0, 0.05) is 29.9 Å². The van der Waals surface area contributed by atoms with Crippen molar-refractivity contribution < 1.29 is 14.3 Å². The van der Waals surface area contributed by atoms with Gasteiger partial charge in [0.2, 0.25) is 0 Å². The number of methoxy groups -OCH3 is 1. The second-order valence-corrected chi connectivity index (χ2v) is 7.58. The molecule has 0 saturated heterocycles. The first-order valence-corrected chi connectivity index (χ1v) is 10.5. The molecule has 3 aromatic rings. The van der Waals surface area contributed by atoms with Gasteiger partial charge < -0.3 is 20.7 Å². The Labute approximate surface area is 180 Å². The van der Waals surface area contributed by atoms with Gasteiger partial charge in [0.25, 0.3) is 5.91 Å². The van der Waals surface area contributed by atoms with Crippen molar-refractivity contribution in [1.29, 1.82) is 0 Å². The number of nitrogens with one attached hydrogen (secondary N) is 3. The first-order chi connectivity index (χ1) is 15.1. The lowest BCUT2D eigenvalue weighted by Crippen LogP contribution is -2.32. The Balaban J connectivity index is 1.31. The second kappa shape index (κ2) is 9.46. The minimum Gasteiger partial charge on any atom is -0.497 e. The van der Waals surface area contributed by atoms with E-state index in [9.17, 15) is 9.59 Å². The number of urea groups is 1. The molecular weight excluding hydrogens is 396 g/mol. The summed E-state index contributed by atoms with van der Waals surface area (Å²) in [5.74, 6) is 0.599. The van der Waals surface area contributed by atoms with E-state index in [2.05, 4.69) is 26.3 Å². The Morgan fingerprint density at radius 1 is 1.16 bits per heavy atom. The molecule has 0 atom stereocenters. The molecule has 1 aromatic heterocycles. The summed E-state index contributed by atoms with van der Waals surface area (Å²) in [5, 5.41) is 17.0. The van der Waals surface area contributed by atoms with Crippen molar-refractivity contribution in [2.75, 3.05) is 19.0 Å². The van der Waals surface area contributed by atoms with Gasteiger partial charge in [-0.2, -0.15) is 0 Å². The molecular formula is C22H26N6O3. The molecule has 0 bridgehead atoms. The van der Waals surface area contributed by atoms with Crippen molar-refractivity contribution >= 4 is 28.7 Å². The number of rotatable bonds is 7. The zero-order valence-corrected chi connectivity index (χ0v) is 17.4. The molecule has 9 heteroatoms. The van der Waals surface area contributed by atoms with Crippen molar-refractivity contribution in [3.63, 3.8) is 0 Å². The fourth-order valence-electron chi connectivity index (χ4n) is 3.77. The number of carbonyl (C=O) groups excluding carboxylic acids is 2. The van der Waals surface area contributed by atoms with Crippen LogP contribution in [0, 0.1) is 0 Å². The topological polar surface area (TPSA) is 110 Å². The molecule has 0 unspecified atom stereocenters. The van der Waals surface area contributed by atoms with Crippen LogP contribution in [0.15, 0.2) is 42.5 Å². The summed E-state index contributed by atoms with van der Waals surface area (Å²) in [6.07, 6.45) is 4.43. The number of hydrogen-bond donors (Lipinski definition) is 3. The highest BCUT2D eigenvalue weighted by Gasteiger charge is 2.18. The van der Waals surface area contributed by atoms with E-state index < -0.39 is 0 Å². The van der Waals surface area contributed by atoms with E-state index in [1.807, 2.05) is 12.1 Å². The average molecular weight is 422 g/mol. The molecule has 0 aliphatic heterocycles. The standard InChI is InChI=1S/C22H26N6O3/c1-31-18-8-4-7-17(14-18)25-22(30)23-11-12-28-20-10-9-15(13-19(20)26-27-28)21(29)24-16-5-2-3-6-16/h4,7-10,13-14,16H,2-3,5-6,11-12H2,1H3,(H,24,29)(H2,23,25,30). The summed E-state index contributed by atoms with van der Waals surface area (Å²) in [6.45, 7) is 0.827. The lowest BCUT2D eigenvalue weighted by Gasteiger charge is -2.11. The number of aromatic nitrogens is 3. The van der Waals surface area contributed by atoms with Crippen molar-refractivity contribution in [2.45, 2.75) is 38.3 Å². The first kappa shape index (κ1) is 20.6. The van der Waals surface area contributed by atoms with Gasteiger partial charge in [0.1, 0.15) is 11.3 Å². The van der Waals surface area contributed by atoms with E-state index >= 15 is 0 Å². The summed E-state index contributed by atoms with van der Waals surface area (Å²) in [6, 6.07) is 12.5. The van der Waals surface area contributed by atoms with Crippen LogP contribution in [0.3, 0.4) is 0 Å². The third-order valence-electron chi connectivity index (χ3n) is 5.40. The zero-order chi connectivity index (χ0) is 21.6.